The Morgan fingerprint density at radius 2 is 1.39 bits per heavy atom. The Bertz CT molecular complexity index is 358. The fourth-order valence-corrected chi connectivity index (χ4v) is 5.29. The van der Waals surface area contributed by atoms with Crippen LogP contribution in [0.4, 0.5) is 0 Å². The molecule has 2 nitrogen and oxygen atoms in total. The minimum Gasteiger partial charge on any atom is -0.390 e. The number of unbranched alkanes of at least 4 members (excludes halogenated alkanes) is 8. The molecule has 3 fully saturated rings. The van der Waals surface area contributed by atoms with Crippen LogP contribution in [0.5, 0.6) is 0 Å². The summed E-state index contributed by atoms with van der Waals surface area (Å²) in [6.07, 6.45) is 13.7. The van der Waals surface area contributed by atoms with Gasteiger partial charge in [-0.1, -0.05) is 65.2 Å². The molecule has 3 rings (SSSR count). The van der Waals surface area contributed by atoms with Gasteiger partial charge in [-0.05, 0) is 48.7 Å². The lowest BCUT2D eigenvalue weighted by Gasteiger charge is -2.65. The molecule has 3 aliphatic carbocycles. The Balaban J connectivity index is 1.57. The van der Waals surface area contributed by atoms with Gasteiger partial charge >= 0.3 is 0 Å². The molecule has 0 aliphatic heterocycles. The highest BCUT2D eigenvalue weighted by molar-refractivity contribution is 7.80. The van der Waals surface area contributed by atoms with Gasteiger partial charge < -0.3 is 10.2 Å². The summed E-state index contributed by atoms with van der Waals surface area (Å²) in [6, 6.07) is 0. The number of aliphatic hydroxyl groups is 2. The van der Waals surface area contributed by atoms with Gasteiger partial charge in [-0.15, -0.1) is 0 Å². The quantitative estimate of drug-likeness (QED) is 0.366. The summed E-state index contributed by atoms with van der Waals surface area (Å²) in [6.45, 7) is 4.55. The maximum Gasteiger partial charge on any atom is 0.0938 e. The van der Waals surface area contributed by atoms with Crippen molar-refractivity contribution in [3.05, 3.63) is 0 Å². The molecule has 0 aromatic heterocycles. The second-order valence-electron chi connectivity index (χ2n) is 8.70. The van der Waals surface area contributed by atoms with Gasteiger partial charge in [0.05, 0.1) is 11.7 Å². The van der Waals surface area contributed by atoms with Crippen molar-refractivity contribution in [2.75, 3.05) is 5.75 Å². The molecule has 0 unspecified atom stereocenters. The summed E-state index contributed by atoms with van der Waals surface area (Å²) in [5.41, 5.74) is -0.591. The van der Waals surface area contributed by atoms with E-state index in [0.29, 0.717) is 11.8 Å². The summed E-state index contributed by atoms with van der Waals surface area (Å²) in [7, 11) is 0. The molecule has 2 N–H and O–H groups in total. The minimum absolute atomic E-state index is 0.223. The van der Waals surface area contributed by atoms with Gasteiger partial charge in [0.15, 0.2) is 0 Å². The van der Waals surface area contributed by atoms with Gasteiger partial charge in [-0.3, -0.25) is 0 Å². The third-order valence-electron chi connectivity index (χ3n) is 6.89. The van der Waals surface area contributed by atoms with Gasteiger partial charge in [0.2, 0.25) is 0 Å². The molecule has 0 radical (unpaired) electrons. The molecule has 23 heavy (non-hydrogen) atoms. The number of rotatable bonds is 11. The van der Waals surface area contributed by atoms with Crippen molar-refractivity contribution >= 4 is 12.6 Å². The molecule has 3 saturated carbocycles. The Kier molecular flexibility index (Phi) is 7.31. The average molecular weight is 343 g/mol. The Hall–Kier alpha value is 0.270. The molecule has 0 spiro atoms. The molecule has 0 saturated heterocycles. The van der Waals surface area contributed by atoms with E-state index in [4.69, 9.17) is 0 Å². The van der Waals surface area contributed by atoms with Crippen LogP contribution in [0.3, 0.4) is 0 Å². The van der Waals surface area contributed by atoms with Crippen LogP contribution in [-0.2, 0) is 0 Å². The first-order chi connectivity index (χ1) is 10.9. The van der Waals surface area contributed by atoms with Crippen LogP contribution in [0.2, 0.25) is 0 Å². The van der Waals surface area contributed by atoms with Crippen LogP contribution < -0.4 is 0 Å². The van der Waals surface area contributed by atoms with E-state index in [1.54, 1.807) is 0 Å². The summed E-state index contributed by atoms with van der Waals surface area (Å²) in [5, 5.41) is 21.4. The van der Waals surface area contributed by atoms with Crippen molar-refractivity contribution in [2.24, 2.45) is 17.3 Å². The Morgan fingerprint density at radius 1 is 0.870 bits per heavy atom. The maximum absolute atomic E-state index is 11.0. The van der Waals surface area contributed by atoms with Crippen molar-refractivity contribution < 1.29 is 10.2 Å². The minimum atomic E-state index is -0.814. The van der Waals surface area contributed by atoms with Crippen molar-refractivity contribution in [2.45, 2.75) is 103 Å². The number of hydrogen-bond acceptors (Lipinski definition) is 3. The van der Waals surface area contributed by atoms with Crippen molar-refractivity contribution in [3.8, 4) is 0 Å². The van der Waals surface area contributed by atoms with Crippen LogP contribution in [-0.4, -0.2) is 27.7 Å². The summed E-state index contributed by atoms with van der Waals surface area (Å²) < 4.78 is 0. The lowest BCUT2D eigenvalue weighted by atomic mass is 9.42. The lowest BCUT2D eigenvalue weighted by molar-refractivity contribution is -0.256. The molecule has 0 aromatic rings. The molecule has 0 amide bonds. The van der Waals surface area contributed by atoms with E-state index >= 15 is 0 Å². The number of fused-ring (bicyclic) bond motifs is 2. The highest BCUT2D eigenvalue weighted by atomic mass is 32.1. The van der Waals surface area contributed by atoms with Crippen molar-refractivity contribution in [3.63, 3.8) is 0 Å². The van der Waals surface area contributed by atoms with Crippen molar-refractivity contribution in [1.29, 1.82) is 0 Å². The van der Waals surface area contributed by atoms with Gasteiger partial charge in [0.25, 0.3) is 0 Å². The molecule has 0 aromatic carbocycles. The zero-order chi connectivity index (χ0) is 16.9. The highest BCUT2D eigenvalue weighted by Crippen LogP contribution is 2.63. The first-order valence-corrected chi connectivity index (χ1v) is 10.6. The first kappa shape index (κ1) is 19.6. The fraction of sp³-hybridized carbons (Fsp3) is 1.00. The van der Waals surface area contributed by atoms with Gasteiger partial charge in [-0.2, -0.15) is 12.6 Å². The second kappa shape index (κ2) is 8.58. The molecule has 3 heteroatoms. The predicted octanol–water partition coefficient (Wildman–Crippen LogP) is 4.98. The lowest BCUT2D eigenvalue weighted by Crippen LogP contribution is -2.67. The summed E-state index contributed by atoms with van der Waals surface area (Å²) in [5.74, 6) is 1.94. The van der Waals surface area contributed by atoms with Gasteiger partial charge in [-0.25, -0.2) is 0 Å². The third-order valence-corrected chi connectivity index (χ3v) is 7.21. The van der Waals surface area contributed by atoms with Crippen LogP contribution in [0.25, 0.3) is 0 Å². The van der Waals surface area contributed by atoms with E-state index in [1.165, 1.54) is 51.4 Å². The monoisotopic (exact) mass is 342 g/mol. The number of aliphatic hydroxyl groups excluding tert-OH is 1. The molecule has 0 heterocycles. The SMILES string of the molecule is CC1(C)[C@@H]2C[C@H]1[C@](O)(CCCCCCCCCCCS)[C@@H](O)C2. The predicted molar refractivity (Wildman–Crippen MR) is 101 cm³/mol. The van der Waals surface area contributed by atoms with Crippen LogP contribution in [0, 0.1) is 17.3 Å². The summed E-state index contributed by atoms with van der Waals surface area (Å²) >= 11 is 4.24. The van der Waals surface area contributed by atoms with E-state index < -0.39 is 11.7 Å². The first-order valence-electron chi connectivity index (χ1n) is 9.94. The standard InChI is InChI=1S/C20H38O2S/c1-19(2)16-14-17(19)20(22,18(21)15-16)12-10-8-6-4-3-5-7-9-11-13-23/h16-18,21-23H,3-15H2,1-2H3/t16-,17-,18+,20-/m1/s1. The van der Waals surface area contributed by atoms with E-state index in [9.17, 15) is 10.2 Å². The molecule has 136 valence electrons. The largest absolute Gasteiger partial charge is 0.390 e. The molecule has 4 atom stereocenters. The number of thiol groups is 1. The zero-order valence-corrected chi connectivity index (χ0v) is 16.2. The van der Waals surface area contributed by atoms with E-state index in [2.05, 4.69) is 26.5 Å². The average Bonchev–Trinajstić information content (AvgIpc) is 2.51. The van der Waals surface area contributed by atoms with Crippen molar-refractivity contribution in [1.82, 2.24) is 0 Å². The molecular weight excluding hydrogens is 304 g/mol. The van der Waals surface area contributed by atoms with Gasteiger partial charge in [0.1, 0.15) is 0 Å². The Morgan fingerprint density at radius 3 is 1.91 bits per heavy atom. The van der Waals surface area contributed by atoms with E-state index in [1.807, 2.05) is 0 Å². The van der Waals surface area contributed by atoms with Gasteiger partial charge in [0, 0.05) is 0 Å². The summed E-state index contributed by atoms with van der Waals surface area (Å²) in [4.78, 5) is 0. The van der Waals surface area contributed by atoms with Crippen LogP contribution in [0.1, 0.15) is 90.9 Å². The van der Waals surface area contributed by atoms with E-state index in [-0.39, 0.29) is 5.41 Å². The highest BCUT2D eigenvalue weighted by Gasteiger charge is 2.63. The molecular formula is C20H38O2S. The molecule has 2 bridgehead atoms. The van der Waals surface area contributed by atoms with E-state index in [0.717, 1.165) is 31.4 Å². The Labute approximate surface area is 148 Å². The smallest absolute Gasteiger partial charge is 0.0938 e. The second-order valence-corrected chi connectivity index (χ2v) is 9.15. The van der Waals surface area contributed by atoms with Crippen LogP contribution >= 0.6 is 12.6 Å². The number of hydrogen-bond donors (Lipinski definition) is 3. The van der Waals surface area contributed by atoms with Crippen LogP contribution in [0.15, 0.2) is 0 Å². The topological polar surface area (TPSA) is 40.5 Å². The molecule has 3 aliphatic rings. The maximum atomic E-state index is 11.0. The normalized spacial score (nSPS) is 35.1. The zero-order valence-electron chi connectivity index (χ0n) is 15.3. The fourth-order valence-electron chi connectivity index (χ4n) is 5.07. The third kappa shape index (κ3) is 4.46.